The third kappa shape index (κ3) is 3.51. The maximum atomic E-state index is 12.5. The molecule has 0 aliphatic heterocycles. The van der Waals surface area contributed by atoms with E-state index in [2.05, 4.69) is 22.4 Å². The van der Waals surface area contributed by atoms with Crippen molar-refractivity contribution in [3.05, 3.63) is 65.4 Å². The molecule has 1 heterocycles. The molecule has 6 nitrogen and oxygen atoms in total. The molecule has 0 bridgehead atoms. The van der Waals surface area contributed by atoms with Crippen LogP contribution in [0.1, 0.15) is 28.5 Å². The Morgan fingerprint density at radius 1 is 1.11 bits per heavy atom. The minimum Gasteiger partial charge on any atom is -0.434 e. The molecule has 2 N–H and O–H groups in total. The fraction of sp³-hybridized carbons (Fsp3) is 0.238. The van der Waals surface area contributed by atoms with Crippen LogP contribution in [0.4, 0.5) is 4.79 Å². The molecule has 1 aliphatic carbocycles. The summed E-state index contributed by atoms with van der Waals surface area (Å²) in [5.74, 6) is 0.199. The Balaban J connectivity index is 1.38. The molecule has 3 aromatic rings. The molecule has 27 heavy (non-hydrogen) atoms. The topological polar surface area (TPSA) is 80.4 Å². The van der Waals surface area contributed by atoms with Gasteiger partial charge in [0.2, 0.25) is 0 Å². The average molecular weight is 364 g/mol. The summed E-state index contributed by atoms with van der Waals surface area (Å²) >= 11 is 0. The van der Waals surface area contributed by atoms with Gasteiger partial charge >= 0.3 is 6.16 Å². The number of hydrogen-bond donors (Lipinski definition) is 2. The number of aromatic nitrogens is 1. The van der Waals surface area contributed by atoms with Crippen LogP contribution in [0.25, 0.3) is 10.9 Å². The van der Waals surface area contributed by atoms with Crippen molar-refractivity contribution >= 4 is 23.0 Å². The lowest BCUT2D eigenvalue weighted by Crippen LogP contribution is -2.35. The minimum atomic E-state index is -0.756. The first-order valence-corrected chi connectivity index (χ1v) is 8.98. The number of H-pyrrole nitrogens is 1. The highest BCUT2D eigenvalue weighted by Gasteiger charge is 2.26. The third-order valence-electron chi connectivity index (χ3n) is 4.72. The number of para-hydroxylation sites is 1. The molecule has 0 saturated carbocycles. The van der Waals surface area contributed by atoms with Gasteiger partial charge in [-0.3, -0.25) is 4.79 Å². The molecule has 6 heteroatoms. The fourth-order valence-electron chi connectivity index (χ4n) is 3.52. The molecule has 0 radical (unpaired) electrons. The molecule has 1 unspecified atom stereocenters. The van der Waals surface area contributed by atoms with Gasteiger partial charge < -0.3 is 19.8 Å². The molecule has 0 fully saturated rings. The number of carbonyl (C=O) groups excluding carboxylic acids is 2. The molecule has 0 saturated heterocycles. The van der Waals surface area contributed by atoms with E-state index < -0.39 is 6.16 Å². The standard InChI is InChI=1S/C21H20N2O4/c1-2-26-21(25)27-15-9-7-13(8-10-15)20(24)22-14-11-17-16-5-3-4-6-18(16)23-19(17)12-14/h3-10,14,23H,2,11-12H2,1H3,(H,22,24). The molecule has 1 aromatic heterocycles. The predicted octanol–water partition coefficient (Wildman–Crippen LogP) is 3.60. The third-order valence-corrected chi connectivity index (χ3v) is 4.72. The van der Waals surface area contributed by atoms with Gasteiger partial charge in [-0.1, -0.05) is 18.2 Å². The van der Waals surface area contributed by atoms with Crippen LogP contribution in [0.15, 0.2) is 48.5 Å². The zero-order valence-corrected chi connectivity index (χ0v) is 15.0. The van der Waals surface area contributed by atoms with Gasteiger partial charge in [0.1, 0.15) is 5.75 Å². The molecular weight excluding hydrogens is 344 g/mol. The van der Waals surface area contributed by atoms with Gasteiger partial charge in [0.15, 0.2) is 0 Å². The van der Waals surface area contributed by atoms with Crippen LogP contribution < -0.4 is 10.1 Å². The second-order valence-electron chi connectivity index (χ2n) is 6.52. The smallest absolute Gasteiger partial charge is 0.434 e. The van der Waals surface area contributed by atoms with E-state index in [1.165, 1.54) is 16.6 Å². The molecule has 0 spiro atoms. The second kappa shape index (κ2) is 7.15. The first-order chi connectivity index (χ1) is 13.1. The zero-order valence-electron chi connectivity index (χ0n) is 15.0. The summed E-state index contributed by atoms with van der Waals surface area (Å²) in [6.07, 6.45) is 0.851. The van der Waals surface area contributed by atoms with Crippen molar-refractivity contribution in [2.24, 2.45) is 0 Å². The van der Waals surface area contributed by atoms with Gasteiger partial charge in [0, 0.05) is 34.6 Å². The highest BCUT2D eigenvalue weighted by molar-refractivity contribution is 5.95. The van der Waals surface area contributed by atoms with Crippen molar-refractivity contribution in [2.75, 3.05) is 6.61 Å². The largest absolute Gasteiger partial charge is 0.513 e. The van der Waals surface area contributed by atoms with Gasteiger partial charge in [-0.15, -0.1) is 0 Å². The summed E-state index contributed by atoms with van der Waals surface area (Å²) in [5, 5.41) is 4.31. The number of nitrogens with one attached hydrogen (secondary N) is 2. The first kappa shape index (κ1) is 17.1. The van der Waals surface area contributed by atoms with Crippen molar-refractivity contribution in [1.82, 2.24) is 10.3 Å². The lowest BCUT2D eigenvalue weighted by atomic mass is 10.1. The lowest BCUT2D eigenvalue weighted by Gasteiger charge is -2.13. The van der Waals surface area contributed by atoms with Gasteiger partial charge in [-0.2, -0.15) is 0 Å². The van der Waals surface area contributed by atoms with Crippen LogP contribution in [0.2, 0.25) is 0 Å². The van der Waals surface area contributed by atoms with Crippen molar-refractivity contribution in [3.63, 3.8) is 0 Å². The normalized spacial score (nSPS) is 15.4. The van der Waals surface area contributed by atoms with Crippen LogP contribution in [0.5, 0.6) is 5.75 Å². The van der Waals surface area contributed by atoms with Crippen LogP contribution in [-0.2, 0) is 17.6 Å². The molecule has 2 aromatic carbocycles. The molecule has 138 valence electrons. The number of amides is 1. The number of hydrogen-bond acceptors (Lipinski definition) is 4. The Morgan fingerprint density at radius 2 is 1.89 bits per heavy atom. The van der Waals surface area contributed by atoms with E-state index in [-0.39, 0.29) is 18.6 Å². The number of carbonyl (C=O) groups is 2. The maximum Gasteiger partial charge on any atom is 0.513 e. The number of fused-ring (bicyclic) bond motifs is 3. The molecule has 4 rings (SSSR count). The van der Waals surface area contributed by atoms with Gasteiger partial charge in [0.05, 0.1) is 6.61 Å². The highest BCUT2D eigenvalue weighted by atomic mass is 16.7. The Bertz CT molecular complexity index is 991. The molecule has 1 aliphatic rings. The van der Waals surface area contributed by atoms with E-state index in [0.29, 0.717) is 11.3 Å². The highest BCUT2D eigenvalue weighted by Crippen LogP contribution is 2.30. The van der Waals surface area contributed by atoms with Crippen LogP contribution >= 0.6 is 0 Å². The van der Waals surface area contributed by atoms with Crippen LogP contribution in [-0.4, -0.2) is 29.7 Å². The summed E-state index contributed by atoms with van der Waals surface area (Å²) in [5.41, 5.74) is 4.14. The van der Waals surface area contributed by atoms with Crippen LogP contribution in [0.3, 0.4) is 0 Å². The van der Waals surface area contributed by atoms with Gasteiger partial charge in [-0.05, 0) is 49.2 Å². The Labute approximate surface area is 156 Å². The van der Waals surface area contributed by atoms with Crippen molar-refractivity contribution < 1.29 is 19.1 Å². The first-order valence-electron chi connectivity index (χ1n) is 8.98. The lowest BCUT2D eigenvalue weighted by molar-refractivity contribution is 0.0938. The van der Waals surface area contributed by atoms with E-state index in [9.17, 15) is 9.59 Å². The number of aromatic amines is 1. The Hall–Kier alpha value is -3.28. The van der Waals surface area contributed by atoms with E-state index >= 15 is 0 Å². The van der Waals surface area contributed by atoms with Gasteiger partial charge in [-0.25, -0.2) is 4.79 Å². The summed E-state index contributed by atoms with van der Waals surface area (Å²) in [6.45, 7) is 1.95. The van der Waals surface area contributed by atoms with Crippen molar-refractivity contribution in [1.29, 1.82) is 0 Å². The van der Waals surface area contributed by atoms with E-state index in [4.69, 9.17) is 9.47 Å². The molecular formula is C21H20N2O4. The summed E-state index contributed by atoms with van der Waals surface area (Å²) in [6, 6.07) is 14.7. The predicted molar refractivity (Wildman–Crippen MR) is 101 cm³/mol. The van der Waals surface area contributed by atoms with E-state index in [1.807, 2.05) is 12.1 Å². The summed E-state index contributed by atoms with van der Waals surface area (Å²) in [7, 11) is 0. The summed E-state index contributed by atoms with van der Waals surface area (Å²) in [4.78, 5) is 27.3. The summed E-state index contributed by atoms with van der Waals surface area (Å²) < 4.78 is 9.72. The number of ether oxygens (including phenoxy) is 2. The number of benzene rings is 2. The van der Waals surface area contributed by atoms with Crippen molar-refractivity contribution in [3.8, 4) is 5.75 Å². The van der Waals surface area contributed by atoms with E-state index in [0.717, 1.165) is 18.4 Å². The quantitative estimate of drug-likeness (QED) is 0.547. The van der Waals surface area contributed by atoms with Gasteiger partial charge in [0.25, 0.3) is 5.91 Å². The minimum absolute atomic E-state index is 0.0683. The number of rotatable bonds is 4. The zero-order chi connectivity index (χ0) is 18.8. The van der Waals surface area contributed by atoms with Crippen LogP contribution in [0, 0.1) is 0 Å². The average Bonchev–Trinajstić information content (AvgIpc) is 3.19. The molecule has 1 amide bonds. The molecule has 1 atom stereocenters. The SMILES string of the molecule is CCOC(=O)Oc1ccc(C(=O)NC2Cc3[nH]c4ccccc4c3C2)cc1. The second-order valence-corrected chi connectivity index (χ2v) is 6.52. The Morgan fingerprint density at radius 3 is 2.67 bits per heavy atom. The maximum absolute atomic E-state index is 12.5. The fourth-order valence-corrected chi connectivity index (χ4v) is 3.52. The monoisotopic (exact) mass is 364 g/mol. The van der Waals surface area contributed by atoms with Crippen molar-refractivity contribution in [2.45, 2.75) is 25.8 Å². The van der Waals surface area contributed by atoms with E-state index in [1.54, 1.807) is 31.2 Å². The Kier molecular flexibility index (Phi) is 4.54.